The summed E-state index contributed by atoms with van der Waals surface area (Å²) in [5.41, 5.74) is 0.490. The molecule has 0 aromatic carbocycles. The van der Waals surface area contributed by atoms with Crippen LogP contribution in [0.2, 0.25) is 0 Å². The third-order valence-electron chi connectivity index (χ3n) is 2.56. The molecule has 0 unspecified atom stereocenters. The van der Waals surface area contributed by atoms with Gasteiger partial charge in [-0.25, -0.2) is 14.8 Å². The van der Waals surface area contributed by atoms with E-state index in [1.54, 1.807) is 12.4 Å². The molecule has 2 amide bonds. The summed E-state index contributed by atoms with van der Waals surface area (Å²) in [5, 5.41) is 11.2. The summed E-state index contributed by atoms with van der Waals surface area (Å²) in [7, 11) is 1.53. The SMILES string of the molecule is CC(C)Cc1ncc(NC(=O)N(C)CCC(=O)O)cn1. The van der Waals surface area contributed by atoms with Gasteiger partial charge in [0.2, 0.25) is 0 Å². The molecule has 1 rings (SSSR count). The van der Waals surface area contributed by atoms with E-state index in [1.165, 1.54) is 11.9 Å². The fourth-order valence-electron chi connectivity index (χ4n) is 1.47. The van der Waals surface area contributed by atoms with Crippen LogP contribution in [0.3, 0.4) is 0 Å². The molecule has 0 bridgehead atoms. The Labute approximate surface area is 118 Å². The second-order valence-corrected chi connectivity index (χ2v) is 4.98. The zero-order chi connectivity index (χ0) is 15.1. The maximum Gasteiger partial charge on any atom is 0.321 e. The van der Waals surface area contributed by atoms with E-state index >= 15 is 0 Å². The molecule has 1 aromatic rings. The second kappa shape index (κ2) is 7.42. The maximum absolute atomic E-state index is 11.8. The average Bonchev–Trinajstić information content (AvgIpc) is 2.37. The number of amides is 2. The fraction of sp³-hybridized carbons (Fsp3) is 0.538. The highest BCUT2D eigenvalue weighted by Crippen LogP contribution is 2.07. The number of carboxylic acids is 1. The molecular formula is C13H20N4O3. The monoisotopic (exact) mass is 280 g/mol. The lowest BCUT2D eigenvalue weighted by Crippen LogP contribution is -2.33. The van der Waals surface area contributed by atoms with Gasteiger partial charge in [-0.3, -0.25) is 4.79 Å². The first-order valence-electron chi connectivity index (χ1n) is 6.43. The minimum Gasteiger partial charge on any atom is -0.481 e. The molecule has 0 aliphatic heterocycles. The van der Waals surface area contributed by atoms with Gasteiger partial charge in [0.25, 0.3) is 0 Å². The van der Waals surface area contributed by atoms with Crippen molar-refractivity contribution in [3.63, 3.8) is 0 Å². The fourth-order valence-corrected chi connectivity index (χ4v) is 1.47. The zero-order valence-electron chi connectivity index (χ0n) is 12.0. The van der Waals surface area contributed by atoms with Crippen LogP contribution in [0.5, 0.6) is 0 Å². The van der Waals surface area contributed by atoms with Crippen LogP contribution in [0.15, 0.2) is 12.4 Å². The van der Waals surface area contributed by atoms with Crippen molar-refractivity contribution in [2.24, 2.45) is 5.92 Å². The van der Waals surface area contributed by atoms with Crippen molar-refractivity contribution in [3.8, 4) is 0 Å². The van der Waals surface area contributed by atoms with Crippen LogP contribution >= 0.6 is 0 Å². The van der Waals surface area contributed by atoms with Gasteiger partial charge in [-0.1, -0.05) is 13.8 Å². The molecule has 0 atom stereocenters. The topological polar surface area (TPSA) is 95.4 Å². The van der Waals surface area contributed by atoms with Crippen molar-refractivity contribution in [1.82, 2.24) is 14.9 Å². The molecule has 1 aromatic heterocycles. The number of aromatic nitrogens is 2. The van der Waals surface area contributed by atoms with E-state index in [1.807, 2.05) is 0 Å². The number of carbonyl (C=O) groups excluding carboxylic acids is 1. The van der Waals surface area contributed by atoms with Gasteiger partial charge in [-0.05, 0) is 5.92 Å². The smallest absolute Gasteiger partial charge is 0.321 e. The Kier molecular flexibility index (Phi) is 5.89. The zero-order valence-corrected chi connectivity index (χ0v) is 12.0. The third-order valence-corrected chi connectivity index (χ3v) is 2.56. The first-order chi connectivity index (χ1) is 9.38. The summed E-state index contributed by atoms with van der Waals surface area (Å²) in [5.74, 6) is 0.265. The van der Waals surface area contributed by atoms with E-state index < -0.39 is 5.97 Å². The van der Waals surface area contributed by atoms with Gasteiger partial charge in [-0.2, -0.15) is 0 Å². The van der Waals surface area contributed by atoms with Gasteiger partial charge in [0, 0.05) is 20.0 Å². The van der Waals surface area contributed by atoms with Crippen molar-refractivity contribution >= 4 is 17.7 Å². The first kappa shape index (κ1) is 15.9. The molecule has 110 valence electrons. The van der Waals surface area contributed by atoms with Crippen LogP contribution in [0.25, 0.3) is 0 Å². The van der Waals surface area contributed by atoms with Crippen LogP contribution < -0.4 is 5.32 Å². The Morgan fingerprint density at radius 1 is 1.35 bits per heavy atom. The molecule has 7 heteroatoms. The first-order valence-corrected chi connectivity index (χ1v) is 6.43. The van der Waals surface area contributed by atoms with E-state index in [-0.39, 0.29) is 19.0 Å². The molecule has 0 spiro atoms. The number of nitrogens with zero attached hydrogens (tertiary/aromatic N) is 3. The number of carbonyl (C=O) groups is 2. The molecule has 0 radical (unpaired) electrons. The molecule has 1 heterocycles. The van der Waals surface area contributed by atoms with Gasteiger partial charge in [0.1, 0.15) is 5.82 Å². The lowest BCUT2D eigenvalue weighted by molar-refractivity contribution is -0.137. The van der Waals surface area contributed by atoms with Crippen molar-refractivity contribution in [2.45, 2.75) is 26.7 Å². The van der Waals surface area contributed by atoms with E-state index in [9.17, 15) is 9.59 Å². The van der Waals surface area contributed by atoms with Crippen LogP contribution in [-0.4, -0.2) is 45.6 Å². The number of rotatable bonds is 6. The van der Waals surface area contributed by atoms with Crippen LogP contribution in [-0.2, 0) is 11.2 Å². The average molecular weight is 280 g/mol. The highest BCUT2D eigenvalue weighted by Gasteiger charge is 2.11. The number of nitrogens with one attached hydrogen (secondary N) is 1. The normalized spacial score (nSPS) is 10.4. The van der Waals surface area contributed by atoms with E-state index in [0.29, 0.717) is 11.6 Å². The number of hydrogen-bond acceptors (Lipinski definition) is 4. The molecule has 0 saturated carbocycles. The Balaban J connectivity index is 2.51. The second-order valence-electron chi connectivity index (χ2n) is 4.98. The van der Waals surface area contributed by atoms with Crippen molar-refractivity contribution in [3.05, 3.63) is 18.2 Å². The van der Waals surface area contributed by atoms with E-state index in [2.05, 4.69) is 29.1 Å². The molecule has 0 saturated heterocycles. The number of urea groups is 1. The molecular weight excluding hydrogens is 260 g/mol. The van der Waals surface area contributed by atoms with Gasteiger partial charge in [0.15, 0.2) is 0 Å². The van der Waals surface area contributed by atoms with Gasteiger partial charge in [0.05, 0.1) is 24.5 Å². The minimum atomic E-state index is -0.939. The highest BCUT2D eigenvalue weighted by molar-refractivity contribution is 5.88. The number of aliphatic carboxylic acids is 1. The van der Waals surface area contributed by atoms with Gasteiger partial charge in [-0.15, -0.1) is 0 Å². The third kappa shape index (κ3) is 5.64. The van der Waals surface area contributed by atoms with Crippen molar-refractivity contribution in [2.75, 3.05) is 18.9 Å². The largest absolute Gasteiger partial charge is 0.481 e. The predicted molar refractivity (Wildman–Crippen MR) is 74.5 cm³/mol. The van der Waals surface area contributed by atoms with Gasteiger partial charge >= 0.3 is 12.0 Å². The summed E-state index contributed by atoms with van der Waals surface area (Å²) < 4.78 is 0. The maximum atomic E-state index is 11.8. The highest BCUT2D eigenvalue weighted by atomic mass is 16.4. The van der Waals surface area contributed by atoms with E-state index in [4.69, 9.17) is 5.11 Å². The molecule has 20 heavy (non-hydrogen) atoms. The Hall–Kier alpha value is -2.18. The number of hydrogen-bond donors (Lipinski definition) is 2. The van der Waals surface area contributed by atoms with E-state index in [0.717, 1.165) is 12.2 Å². The molecule has 0 fully saturated rings. The molecule has 0 aliphatic rings. The minimum absolute atomic E-state index is 0.0895. The molecule has 0 aliphatic carbocycles. The van der Waals surface area contributed by atoms with Crippen molar-refractivity contribution in [1.29, 1.82) is 0 Å². The quantitative estimate of drug-likeness (QED) is 0.825. The predicted octanol–water partition coefficient (Wildman–Crippen LogP) is 1.61. The summed E-state index contributed by atoms with van der Waals surface area (Å²) in [6, 6.07) is -0.383. The lowest BCUT2D eigenvalue weighted by atomic mass is 10.1. The number of carboxylic acid groups (broad SMARTS) is 1. The summed E-state index contributed by atoms with van der Waals surface area (Å²) in [6.45, 7) is 4.31. The van der Waals surface area contributed by atoms with Crippen LogP contribution in [0.1, 0.15) is 26.1 Å². The number of anilines is 1. The van der Waals surface area contributed by atoms with Crippen LogP contribution in [0.4, 0.5) is 10.5 Å². The van der Waals surface area contributed by atoms with Crippen LogP contribution in [0, 0.1) is 5.92 Å². The molecule has 7 nitrogen and oxygen atoms in total. The summed E-state index contributed by atoms with van der Waals surface area (Å²) in [6.07, 6.45) is 3.79. The standard InChI is InChI=1S/C13H20N4O3/c1-9(2)6-11-14-7-10(8-15-11)16-13(20)17(3)5-4-12(18)19/h7-9H,4-6H2,1-3H3,(H,16,20)(H,18,19). The Morgan fingerprint density at radius 2 is 1.95 bits per heavy atom. The Bertz CT molecular complexity index is 459. The summed E-state index contributed by atoms with van der Waals surface area (Å²) in [4.78, 5) is 31.8. The molecule has 2 N–H and O–H groups in total. The van der Waals surface area contributed by atoms with Crippen molar-refractivity contribution < 1.29 is 14.7 Å². The summed E-state index contributed by atoms with van der Waals surface area (Å²) >= 11 is 0. The Morgan fingerprint density at radius 3 is 2.45 bits per heavy atom. The lowest BCUT2D eigenvalue weighted by Gasteiger charge is -2.16. The van der Waals surface area contributed by atoms with Gasteiger partial charge < -0.3 is 15.3 Å².